The molecule has 3 N–H and O–H groups in total. The Hall–Kier alpha value is -4.12. The van der Waals surface area contributed by atoms with Crippen molar-refractivity contribution in [1.82, 2.24) is 24.6 Å². The van der Waals surface area contributed by atoms with E-state index in [0.717, 1.165) is 21.7 Å². The Morgan fingerprint density at radius 3 is 2.70 bits per heavy atom. The first-order valence-corrected chi connectivity index (χ1v) is 10.9. The van der Waals surface area contributed by atoms with Gasteiger partial charge in [-0.3, -0.25) is 0 Å². The first-order valence-electron chi connectivity index (χ1n) is 10.0. The minimum atomic E-state index is 0.448. The number of nitrogens with two attached hydrogens (primary N) is 1. The van der Waals surface area contributed by atoms with Crippen molar-refractivity contribution in [3.63, 3.8) is 0 Å². The summed E-state index contributed by atoms with van der Waals surface area (Å²) in [6.45, 7) is 2.45. The molecule has 4 aromatic heterocycles. The second-order valence-electron chi connectivity index (χ2n) is 7.14. The quantitative estimate of drug-likeness (QED) is 0.368. The van der Waals surface area contributed by atoms with E-state index in [0.29, 0.717) is 46.4 Å². The van der Waals surface area contributed by atoms with Gasteiger partial charge < -0.3 is 24.9 Å². The van der Waals surface area contributed by atoms with Gasteiger partial charge in [0.05, 0.1) is 31.7 Å². The molecule has 0 aliphatic heterocycles. The Kier molecular flexibility index (Phi) is 5.31. The minimum absolute atomic E-state index is 0.448. The van der Waals surface area contributed by atoms with Crippen LogP contribution in [0.4, 0.5) is 11.1 Å². The summed E-state index contributed by atoms with van der Waals surface area (Å²) in [4.78, 5) is 14.8. The van der Waals surface area contributed by atoms with E-state index in [9.17, 15) is 0 Å². The van der Waals surface area contributed by atoms with Crippen molar-refractivity contribution in [2.75, 3.05) is 25.3 Å². The normalized spacial score (nSPS) is 11.1. The average Bonchev–Trinajstić information content (AvgIpc) is 3.57. The molecule has 4 heterocycles. The molecule has 5 rings (SSSR count). The Balaban J connectivity index is 1.55. The maximum atomic E-state index is 5.93. The number of benzene rings is 1. The molecule has 0 saturated carbocycles. The zero-order valence-corrected chi connectivity index (χ0v) is 19.0. The number of methoxy groups -OCH3 is 2. The Morgan fingerprint density at radius 1 is 1.15 bits per heavy atom. The van der Waals surface area contributed by atoms with Crippen LogP contribution in [0.2, 0.25) is 0 Å². The van der Waals surface area contributed by atoms with E-state index in [1.165, 1.54) is 11.3 Å². The zero-order valence-electron chi connectivity index (χ0n) is 18.2. The average molecular weight is 464 g/mol. The highest BCUT2D eigenvalue weighted by Gasteiger charge is 2.20. The third-order valence-corrected chi connectivity index (χ3v) is 5.87. The summed E-state index contributed by atoms with van der Waals surface area (Å²) in [5.74, 6) is 2.86. The van der Waals surface area contributed by atoms with Gasteiger partial charge in [-0.05, 0) is 36.8 Å². The number of nitrogen functional groups attached to an aromatic ring is 1. The third kappa shape index (κ3) is 3.82. The van der Waals surface area contributed by atoms with E-state index in [2.05, 4.69) is 20.4 Å². The number of ether oxygens (including phenoxy) is 2. The van der Waals surface area contributed by atoms with Gasteiger partial charge in [0.25, 0.3) is 0 Å². The van der Waals surface area contributed by atoms with Crippen LogP contribution in [0.1, 0.15) is 10.4 Å². The fourth-order valence-corrected chi connectivity index (χ4v) is 4.21. The Labute approximate surface area is 193 Å². The first kappa shape index (κ1) is 20.8. The number of anilines is 2. The van der Waals surface area contributed by atoms with Crippen molar-refractivity contribution in [1.29, 1.82) is 0 Å². The SMILES string of the molecule is COc1ccc(CNc2ncc(-c3nc(N)sc3C)c3nc(-c4ccco4)nn23)cc1OC. The van der Waals surface area contributed by atoms with Crippen LogP contribution in [-0.4, -0.2) is 38.8 Å². The number of furan rings is 1. The molecule has 0 radical (unpaired) electrons. The second-order valence-corrected chi connectivity index (χ2v) is 8.38. The number of fused-ring (bicyclic) bond motifs is 1. The summed E-state index contributed by atoms with van der Waals surface area (Å²) >= 11 is 1.42. The van der Waals surface area contributed by atoms with E-state index in [-0.39, 0.29) is 0 Å². The van der Waals surface area contributed by atoms with Crippen LogP contribution in [0.5, 0.6) is 11.5 Å². The van der Waals surface area contributed by atoms with Crippen molar-refractivity contribution in [3.8, 4) is 34.3 Å². The molecule has 0 amide bonds. The van der Waals surface area contributed by atoms with Gasteiger partial charge in [-0.1, -0.05) is 6.07 Å². The standard InChI is InChI=1S/C22H21N7O3S/c1-12-18(26-21(23)33-12)14-11-25-22(24-10-13-6-7-15(30-2)17(9-13)31-3)29-20(14)27-19(28-29)16-5-4-8-32-16/h4-9,11H,10H2,1-3H3,(H2,23,26)(H,24,25). The number of aromatic nitrogens is 5. The van der Waals surface area contributed by atoms with E-state index in [1.54, 1.807) is 37.3 Å². The Bertz CT molecular complexity index is 1430. The minimum Gasteiger partial charge on any atom is -0.493 e. The summed E-state index contributed by atoms with van der Waals surface area (Å²) in [6.07, 6.45) is 3.32. The lowest BCUT2D eigenvalue weighted by atomic mass is 10.2. The molecule has 0 unspecified atom stereocenters. The largest absolute Gasteiger partial charge is 0.493 e. The highest BCUT2D eigenvalue weighted by Crippen LogP contribution is 2.33. The molecule has 0 spiro atoms. The first-order chi connectivity index (χ1) is 16.1. The molecule has 0 fully saturated rings. The van der Waals surface area contributed by atoms with E-state index in [4.69, 9.17) is 24.6 Å². The van der Waals surface area contributed by atoms with Crippen LogP contribution in [0.3, 0.4) is 0 Å². The zero-order chi connectivity index (χ0) is 22.9. The van der Waals surface area contributed by atoms with Gasteiger partial charge in [0.1, 0.15) is 0 Å². The van der Waals surface area contributed by atoms with Crippen LogP contribution < -0.4 is 20.5 Å². The lowest BCUT2D eigenvalue weighted by Gasteiger charge is -2.11. The fraction of sp³-hybridized carbons (Fsp3) is 0.182. The molecule has 0 bridgehead atoms. The van der Waals surface area contributed by atoms with Crippen molar-refractivity contribution in [3.05, 3.63) is 53.2 Å². The summed E-state index contributed by atoms with van der Waals surface area (Å²) in [7, 11) is 3.22. The molecule has 5 aromatic rings. The number of nitrogens with zero attached hydrogens (tertiary/aromatic N) is 5. The lowest BCUT2D eigenvalue weighted by molar-refractivity contribution is 0.354. The number of rotatable bonds is 7. The van der Waals surface area contributed by atoms with Gasteiger partial charge >= 0.3 is 0 Å². The molecule has 0 aliphatic rings. The summed E-state index contributed by atoms with van der Waals surface area (Å²) < 4.78 is 17.9. The molecule has 0 atom stereocenters. The molecule has 1 aromatic carbocycles. The Morgan fingerprint density at radius 2 is 2.00 bits per heavy atom. The van der Waals surface area contributed by atoms with Gasteiger partial charge in [0.15, 0.2) is 28.0 Å². The molecule has 10 nitrogen and oxygen atoms in total. The molecule has 168 valence electrons. The number of hydrogen-bond acceptors (Lipinski definition) is 10. The molecule has 0 saturated heterocycles. The second kappa shape index (κ2) is 8.43. The predicted octanol–water partition coefficient (Wildman–Crippen LogP) is 4.03. The molecule has 11 heteroatoms. The van der Waals surface area contributed by atoms with Crippen molar-refractivity contribution >= 4 is 28.1 Å². The number of aryl methyl sites for hydroxylation is 1. The van der Waals surface area contributed by atoms with Crippen LogP contribution in [-0.2, 0) is 6.54 Å². The number of hydrogen-bond donors (Lipinski definition) is 2. The van der Waals surface area contributed by atoms with E-state index < -0.39 is 0 Å². The van der Waals surface area contributed by atoms with Crippen LogP contribution >= 0.6 is 11.3 Å². The number of nitrogens with one attached hydrogen (secondary N) is 1. The summed E-state index contributed by atoms with van der Waals surface area (Å²) in [5, 5.41) is 8.46. The monoisotopic (exact) mass is 463 g/mol. The summed E-state index contributed by atoms with van der Waals surface area (Å²) in [6, 6.07) is 9.33. The van der Waals surface area contributed by atoms with Gasteiger partial charge in [-0.25, -0.2) is 15.0 Å². The van der Waals surface area contributed by atoms with Gasteiger partial charge in [-0.15, -0.1) is 16.4 Å². The molecule has 0 aliphatic carbocycles. The molecular weight excluding hydrogens is 442 g/mol. The van der Waals surface area contributed by atoms with E-state index in [1.807, 2.05) is 31.2 Å². The maximum Gasteiger partial charge on any atom is 0.226 e. The smallest absolute Gasteiger partial charge is 0.226 e. The van der Waals surface area contributed by atoms with Crippen molar-refractivity contribution < 1.29 is 13.9 Å². The summed E-state index contributed by atoms with van der Waals surface area (Å²) in [5.41, 5.74) is 8.99. The lowest BCUT2D eigenvalue weighted by Crippen LogP contribution is -2.08. The highest BCUT2D eigenvalue weighted by molar-refractivity contribution is 7.15. The maximum absolute atomic E-state index is 5.93. The van der Waals surface area contributed by atoms with Crippen LogP contribution in [0.15, 0.2) is 47.2 Å². The van der Waals surface area contributed by atoms with Gasteiger partial charge in [0, 0.05) is 17.6 Å². The highest BCUT2D eigenvalue weighted by atomic mass is 32.1. The third-order valence-electron chi connectivity index (χ3n) is 5.07. The predicted molar refractivity (Wildman–Crippen MR) is 126 cm³/mol. The van der Waals surface area contributed by atoms with Crippen molar-refractivity contribution in [2.45, 2.75) is 13.5 Å². The molecular formula is C22H21N7O3S. The fourth-order valence-electron chi connectivity index (χ4n) is 3.51. The van der Waals surface area contributed by atoms with Crippen molar-refractivity contribution in [2.24, 2.45) is 0 Å². The van der Waals surface area contributed by atoms with Gasteiger partial charge in [-0.2, -0.15) is 4.52 Å². The van der Waals surface area contributed by atoms with Gasteiger partial charge in [0.2, 0.25) is 11.8 Å². The molecule has 33 heavy (non-hydrogen) atoms. The van der Waals surface area contributed by atoms with Crippen LogP contribution in [0, 0.1) is 6.92 Å². The van der Waals surface area contributed by atoms with Crippen LogP contribution in [0.25, 0.3) is 28.5 Å². The van der Waals surface area contributed by atoms with E-state index >= 15 is 0 Å². The number of thiazole rings is 1. The topological polar surface area (TPSA) is 126 Å².